The Kier molecular flexibility index (Phi) is 5.74. The van der Waals surface area contributed by atoms with E-state index in [0.29, 0.717) is 23.0 Å². The Balaban J connectivity index is 1.40. The first kappa shape index (κ1) is 22.3. The van der Waals surface area contributed by atoms with Crippen molar-refractivity contribution in [3.63, 3.8) is 0 Å². The predicted octanol–water partition coefficient (Wildman–Crippen LogP) is 2.37. The van der Waals surface area contributed by atoms with Crippen molar-refractivity contribution in [2.45, 2.75) is 6.54 Å². The van der Waals surface area contributed by atoms with Gasteiger partial charge in [0, 0.05) is 18.8 Å². The van der Waals surface area contributed by atoms with Crippen LogP contribution in [0.4, 0.5) is 10.1 Å². The Morgan fingerprint density at radius 3 is 2.43 bits per heavy atom. The second kappa shape index (κ2) is 9.02. The third-order valence-corrected chi connectivity index (χ3v) is 6.08. The van der Waals surface area contributed by atoms with Crippen LogP contribution in [0.2, 0.25) is 0 Å². The van der Waals surface area contributed by atoms with Crippen LogP contribution in [-0.4, -0.2) is 45.9 Å². The molecule has 9 heteroatoms. The van der Waals surface area contributed by atoms with Gasteiger partial charge in [-0.2, -0.15) is 0 Å². The molecule has 1 N–H and O–H groups in total. The smallest absolute Gasteiger partial charge is 0.327 e. The van der Waals surface area contributed by atoms with Gasteiger partial charge in [0.15, 0.2) is 0 Å². The third-order valence-electron chi connectivity index (χ3n) is 6.08. The summed E-state index contributed by atoms with van der Waals surface area (Å²) in [5.41, 5.74) is 0.413. The van der Waals surface area contributed by atoms with Crippen LogP contribution in [0.5, 0.6) is 0 Å². The van der Waals surface area contributed by atoms with Crippen molar-refractivity contribution in [1.82, 2.24) is 14.5 Å². The Bertz CT molecular complexity index is 1560. The summed E-state index contributed by atoms with van der Waals surface area (Å²) in [6, 6.07) is 19.9. The Morgan fingerprint density at radius 1 is 0.914 bits per heavy atom. The summed E-state index contributed by atoms with van der Waals surface area (Å²) < 4.78 is 16.0. The molecule has 1 aromatic heterocycles. The van der Waals surface area contributed by atoms with Gasteiger partial charge in [-0.15, -0.1) is 0 Å². The van der Waals surface area contributed by atoms with E-state index in [1.54, 1.807) is 29.2 Å². The monoisotopic (exact) mass is 472 g/mol. The van der Waals surface area contributed by atoms with Gasteiger partial charge in [0.25, 0.3) is 11.5 Å². The summed E-state index contributed by atoms with van der Waals surface area (Å²) in [6.07, 6.45) is 0. The van der Waals surface area contributed by atoms with Gasteiger partial charge in [0.1, 0.15) is 12.4 Å². The highest BCUT2D eigenvalue weighted by molar-refractivity contribution is 6.01. The fraction of sp³-hybridized carbons (Fsp3) is 0.154. The minimum absolute atomic E-state index is 0.0252. The second-order valence-corrected chi connectivity index (χ2v) is 8.28. The third kappa shape index (κ3) is 4.23. The van der Waals surface area contributed by atoms with Crippen LogP contribution in [0.25, 0.3) is 10.9 Å². The summed E-state index contributed by atoms with van der Waals surface area (Å²) in [5, 5.41) is 0.348. The number of fused-ring (bicyclic) bond motifs is 1. The number of para-hydroxylation sites is 2. The topological polar surface area (TPSA) is 95.5 Å². The number of anilines is 1. The van der Waals surface area contributed by atoms with Gasteiger partial charge in [0.05, 0.1) is 23.0 Å². The molecular formula is C26H21FN4O4. The Labute approximate surface area is 198 Å². The minimum Gasteiger partial charge on any atom is -0.327 e. The standard InChI is InChI=1S/C26H21FN4O4/c27-21-11-10-17(15-31-22-9-5-4-8-19(22)24(33)28-26(31)35)14-20(21)25(34)29-12-13-30(23(32)16-29)18-6-2-1-3-7-18/h1-11,14H,12-13,15-16H2,(H,28,33,35). The van der Waals surface area contributed by atoms with E-state index in [-0.39, 0.29) is 31.1 Å². The molecule has 5 rings (SSSR count). The summed E-state index contributed by atoms with van der Waals surface area (Å²) in [6.45, 7) is 0.417. The molecule has 3 aromatic carbocycles. The van der Waals surface area contributed by atoms with Gasteiger partial charge in [-0.1, -0.05) is 36.4 Å². The number of nitrogens with one attached hydrogen (secondary N) is 1. The maximum absolute atomic E-state index is 14.7. The van der Waals surface area contributed by atoms with Crippen molar-refractivity contribution in [3.8, 4) is 0 Å². The number of halogens is 1. The number of aromatic amines is 1. The van der Waals surface area contributed by atoms with Gasteiger partial charge in [-0.05, 0) is 42.0 Å². The SMILES string of the molecule is O=C(c1cc(Cn2c(=O)[nH]c(=O)c3ccccc32)ccc1F)N1CCN(c2ccccc2)C(=O)C1. The first-order valence-electron chi connectivity index (χ1n) is 11.1. The van der Waals surface area contributed by atoms with E-state index in [1.807, 2.05) is 30.3 Å². The van der Waals surface area contributed by atoms with Crippen LogP contribution in [0.15, 0.2) is 82.4 Å². The highest BCUT2D eigenvalue weighted by atomic mass is 19.1. The molecule has 1 saturated heterocycles. The lowest BCUT2D eigenvalue weighted by Gasteiger charge is -2.34. The molecule has 0 saturated carbocycles. The summed E-state index contributed by atoms with van der Waals surface area (Å²) >= 11 is 0. The number of carbonyl (C=O) groups excluding carboxylic acids is 2. The molecule has 1 aliphatic heterocycles. The molecule has 0 spiro atoms. The lowest BCUT2D eigenvalue weighted by molar-refractivity contribution is -0.120. The van der Waals surface area contributed by atoms with Crippen LogP contribution in [-0.2, 0) is 11.3 Å². The first-order chi connectivity index (χ1) is 16.9. The average Bonchev–Trinajstić information content (AvgIpc) is 2.87. The number of aromatic nitrogens is 2. The Hall–Kier alpha value is -4.53. The number of rotatable bonds is 4. The molecule has 1 aliphatic rings. The van der Waals surface area contributed by atoms with Gasteiger partial charge in [0.2, 0.25) is 5.91 Å². The molecule has 2 heterocycles. The molecular weight excluding hydrogens is 451 g/mol. The molecule has 0 atom stereocenters. The summed E-state index contributed by atoms with van der Waals surface area (Å²) in [5.74, 6) is -1.56. The van der Waals surface area contributed by atoms with E-state index in [2.05, 4.69) is 4.98 Å². The van der Waals surface area contributed by atoms with Crippen molar-refractivity contribution in [3.05, 3.63) is 111 Å². The number of hydrogen-bond donors (Lipinski definition) is 1. The van der Waals surface area contributed by atoms with E-state index in [0.717, 1.165) is 5.69 Å². The first-order valence-corrected chi connectivity index (χ1v) is 11.1. The molecule has 176 valence electrons. The Morgan fingerprint density at radius 2 is 1.66 bits per heavy atom. The lowest BCUT2D eigenvalue weighted by Crippen LogP contribution is -2.52. The van der Waals surface area contributed by atoms with Crippen LogP contribution in [0.3, 0.4) is 0 Å². The fourth-order valence-electron chi connectivity index (χ4n) is 4.31. The molecule has 0 radical (unpaired) electrons. The summed E-state index contributed by atoms with van der Waals surface area (Å²) in [7, 11) is 0. The van der Waals surface area contributed by atoms with Crippen LogP contribution >= 0.6 is 0 Å². The van der Waals surface area contributed by atoms with Crippen molar-refractivity contribution >= 4 is 28.4 Å². The number of amides is 2. The number of benzene rings is 3. The normalized spacial score (nSPS) is 13.9. The van der Waals surface area contributed by atoms with E-state index in [4.69, 9.17) is 0 Å². The van der Waals surface area contributed by atoms with Gasteiger partial charge >= 0.3 is 5.69 Å². The number of carbonyl (C=O) groups is 2. The lowest BCUT2D eigenvalue weighted by atomic mass is 10.1. The zero-order valence-electron chi connectivity index (χ0n) is 18.6. The van der Waals surface area contributed by atoms with Crippen LogP contribution < -0.4 is 16.1 Å². The van der Waals surface area contributed by atoms with Crippen LogP contribution in [0, 0.1) is 5.82 Å². The zero-order valence-corrected chi connectivity index (χ0v) is 18.6. The van der Waals surface area contributed by atoms with Crippen LogP contribution in [0.1, 0.15) is 15.9 Å². The maximum atomic E-state index is 14.7. The highest BCUT2D eigenvalue weighted by Gasteiger charge is 2.29. The highest BCUT2D eigenvalue weighted by Crippen LogP contribution is 2.20. The van der Waals surface area contributed by atoms with E-state index < -0.39 is 23.0 Å². The van der Waals surface area contributed by atoms with Gasteiger partial charge < -0.3 is 9.80 Å². The zero-order chi connectivity index (χ0) is 24.5. The average molecular weight is 472 g/mol. The second-order valence-electron chi connectivity index (χ2n) is 8.28. The van der Waals surface area contributed by atoms with E-state index in [1.165, 1.54) is 27.7 Å². The van der Waals surface area contributed by atoms with Crippen molar-refractivity contribution in [1.29, 1.82) is 0 Å². The van der Waals surface area contributed by atoms with Gasteiger partial charge in [-0.25, -0.2) is 9.18 Å². The van der Waals surface area contributed by atoms with Crippen molar-refractivity contribution < 1.29 is 14.0 Å². The van der Waals surface area contributed by atoms with E-state index >= 15 is 0 Å². The molecule has 0 aliphatic carbocycles. The molecule has 0 unspecified atom stereocenters. The van der Waals surface area contributed by atoms with Crippen molar-refractivity contribution in [2.24, 2.45) is 0 Å². The fourth-order valence-corrected chi connectivity index (χ4v) is 4.31. The summed E-state index contributed by atoms with van der Waals surface area (Å²) in [4.78, 5) is 55.6. The largest absolute Gasteiger partial charge is 0.329 e. The molecule has 2 amide bonds. The van der Waals surface area contributed by atoms with E-state index in [9.17, 15) is 23.6 Å². The molecule has 0 bridgehead atoms. The molecule has 4 aromatic rings. The predicted molar refractivity (Wildman–Crippen MR) is 129 cm³/mol. The number of piperazine rings is 1. The minimum atomic E-state index is -0.713. The number of hydrogen-bond acceptors (Lipinski definition) is 4. The molecule has 1 fully saturated rings. The van der Waals surface area contributed by atoms with Crippen molar-refractivity contribution in [2.75, 3.05) is 24.5 Å². The number of nitrogens with zero attached hydrogens (tertiary/aromatic N) is 3. The quantitative estimate of drug-likeness (QED) is 0.493. The molecule has 8 nitrogen and oxygen atoms in total. The molecule has 35 heavy (non-hydrogen) atoms. The van der Waals surface area contributed by atoms with Gasteiger partial charge in [-0.3, -0.25) is 23.9 Å². The maximum Gasteiger partial charge on any atom is 0.329 e. The number of H-pyrrole nitrogens is 1.